The van der Waals surface area contributed by atoms with E-state index in [0.29, 0.717) is 13.0 Å². The van der Waals surface area contributed by atoms with Crippen molar-refractivity contribution in [3.05, 3.63) is 107 Å². The van der Waals surface area contributed by atoms with Crippen molar-refractivity contribution < 1.29 is 4.79 Å². The highest BCUT2D eigenvalue weighted by molar-refractivity contribution is 6.02. The third-order valence-electron chi connectivity index (χ3n) is 6.48. The van der Waals surface area contributed by atoms with Gasteiger partial charge in [0.2, 0.25) is 0 Å². The largest absolute Gasteiger partial charge is 0.361 e. The zero-order chi connectivity index (χ0) is 24.4. The quantitative estimate of drug-likeness (QED) is 0.242. The van der Waals surface area contributed by atoms with Crippen LogP contribution in [0.5, 0.6) is 0 Å². The molecule has 0 atom stereocenters. The molecule has 0 saturated carbocycles. The van der Waals surface area contributed by atoms with Crippen molar-refractivity contribution in [1.82, 2.24) is 14.9 Å². The molecule has 0 unspecified atom stereocenters. The number of aromatic amines is 1. The number of hydrogen-bond acceptors (Lipinski definition) is 2. The summed E-state index contributed by atoms with van der Waals surface area (Å²) in [5.41, 5.74) is 6.26. The predicted molar refractivity (Wildman–Crippen MR) is 141 cm³/mol. The Labute approximate surface area is 204 Å². The van der Waals surface area contributed by atoms with Crippen molar-refractivity contribution in [3.63, 3.8) is 0 Å². The first-order valence-electron chi connectivity index (χ1n) is 11.7. The minimum absolute atomic E-state index is 0.0997. The second-order valence-corrected chi connectivity index (χ2v) is 8.73. The summed E-state index contributed by atoms with van der Waals surface area (Å²) in [4.78, 5) is 16.0. The Morgan fingerprint density at radius 1 is 1.03 bits per heavy atom. The van der Waals surface area contributed by atoms with E-state index in [1.807, 2.05) is 56.4 Å². The van der Waals surface area contributed by atoms with Crippen LogP contribution in [-0.2, 0) is 11.2 Å². The molecule has 0 saturated heterocycles. The summed E-state index contributed by atoms with van der Waals surface area (Å²) in [5.74, 6) is -0.358. The molecule has 35 heavy (non-hydrogen) atoms. The van der Waals surface area contributed by atoms with E-state index in [9.17, 15) is 10.1 Å². The standard InChI is InChI=1S/C30H26N4O/c1-20-15-25(21(2)34(20)27-12-11-22-7-3-4-8-23(22)17-27)16-26(18-31)30(35)32-14-13-24-19-33-29-10-6-5-9-28(24)29/h3-12,15-17,19,33H,13-14H2,1-2H3,(H,32,35)/b26-16-. The van der Waals surface area contributed by atoms with Gasteiger partial charge in [0.1, 0.15) is 11.6 Å². The molecule has 5 aromatic rings. The Morgan fingerprint density at radius 3 is 2.63 bits per heavy atom. The number of aryl methyl sites for hydroxylation is 1. The third-order valence-corrected chi connectivity index (χ3v) is 6.48. The molecule has 5 nitrogen and oxygen atoms in total. The fourth-order valence-corrected chi connectivity index (χ4v) is 4.70. The molecule has 0 bridgehead atoms. The van der Waals surface area contributed by atoms with E-state index in [1.54, 1.807) is 6.08 Å². The van der Waals surface area contributed by atoms with E-state index in [2.05, 4.69) is 57.3 Å². The second kappa shape index (κ2) is 9.36. The number of para-hydroxylation sites is 1. The first-order valence-corrected chi connectivity index (χ1v) is 11.7. The first-order chi connectivity index (χ1) is 17.0. The molecule has 3 aromatic carbocycles. The van der Waals surface area contributed by atoms with Crippen molar-refractivity contribution in [2.75, 3.05) is 6.54 Å². The monoisotopic (exact) mass is 458 g/mol. The van der Waals surface area contributed by atoms with Crippen molar-refractivity contribution in [2.24, 2.45) is 0 Å². The zero-order valence-electron chi connectivity index (χ0n) is 19.8. The van der Waals surface area contributed by atoms with Gasteiger partial charge >= 0.3 is 0 Å². The van der Waals surface area contributed by atoms with Gasteiger partial charge in [-0.2, -0.15) is 5.26 Å². The Hall–Kier alpha value is -4.56. The molecule has 0 aliphatic carbocycles. The van der Waals surface area contributed by atoms with Gasteiger partial charge < -0.3 is 14.9 Å². The molecule has 172 valence electrons. The highest BCUT2D eigenvalue weighted by atomic mass is 16.1. The summed E-state index contributed by atoms with van der Waals surface area (Å²) in [6.45, 7) is 4.50. The van der Waals surface area contributed by atoms with Crippen LogP contribution in [0.3, 0.4) is 0 Å². The highest BCUT2D eigenvalue weighted by Crippen LogP contribution is 2.25. The van der Waals surface area contributed by atoms with Gasteiger partial charge in [0.25, 0.3) is 5.91 Å². The highest BCUT2D eigenvalue weighted by Gasteiger charge is 2.14. The fraction of sp³-hybridized carbons (Fsp3) is 0.133. The van der Waals surface area contributed by atoms with Crippen molar-refractivity contribution in [3.8, 4) is 11.8 Å². The van der Waals surface area contributed by atoms with Crippen LogP contribution >= 0.6 is 0 Å². The van der Waals surface area contributed by atoms with Gasteiger partial charge in [0.05, 0.1) is 0 Å². The van der Waals surface area contributed by atoms with Gasteiger partial charge in [0, 0.05) is 40.7 Å². The Morgan fingerprint density at radius 2 is 1.80 bits per heavy atom. The fourth-order valence-electron chi connectivity index (χ4n) is 4.70. The number of carbonyl (C=O) groups excluding carboxylic acids is 1. The number of nitrogens with zero attached hydrogens (tertiary/aromatic N) is 2. The maximum Gasteiger partial charge on any atom is 0.261 e. The average Bonchev–Trinajstić information content (AvgIpc) is 3.41. The van der Waals surface area contributed by atoms with Crippen molar-refractivity contribution >= 4 is 33.7 Å². The molecule has 5 rings (SSSR count). The molecule has 2 aromatic heterocycles. The summed E-state index contributed by atoms with van der Waals surface area (Å²) in [6.07, 6.45) is 4.34. The molecular weight excluding hydrogens is 432 g/mol. The number of fused-ring (bicyclic) bond motifs is 2. The molecule has 2 N–H and O–H groups in total. The van der Waals surface area contributed by atoms with Crippen LogP contribution in [0.15, 0.2) is 84.6 Å². The molecular formula is C30H26N4O. The van der Waals surface area contributed by atoms with Gasteiger partial charge in [-0.3, -0.25) is 4.79 Å². The number of nitriles is 1. The maximum atomic E-state index is 12.8. The molecule has 0 spiro atoms. The van der Waals surface area contributed by atoms with Crippen LogP contribution in [0, 0.1) is 25.2 Å². The molecule has 2 heterocycles. The number of rotatable bonds is 6. The van der Waals surface area contributed by atoms with Gasteiger partial charge in [-0.05, 0) is 72.5 Å². The molecule has 1 amide bonds. The third kappa shape index (κ3) is 4.34. The number of carbonyl (C=O) groups is 1. The smallest absolute Gasteiger partial charge is 0.261 e. The molecule has 0 radical (unpaired) electrons. The van der Waals surface area contributed by atoms with Gasteiger partial charge in [0.15, 0.2) is 0 Å². The van der Waals surface area contributed by atoms with Gasteiger partial charge in [-0.15, -0.1) is 0 Å². The SMILES string of the molecule is Cc1cc(/C=C(/C#N)C(=O)NCCc2c[nH]c3ccccc23)c(C)n1-c1ccc2ccccc2c1. The summed E-state index contributed by atoms with van der Waals surface area (Å²) >= 11 is 0. The summed E-state index contributed by atoms with van der Waals surface area (Å²) < 4.78 is 2.15. The van der Waals surface area contributed by atoms with E-state index >= 15 is 0 Å². The van der Waals surface area contributed by atoms with E-state index in [-0.39, 0.29) is 11.5 Å². The van der Waals surface area contributed by atoms with Gasteiger partial charge in [-0.25, -0.2) is 0 Å². The van der Waals surface area contributed by atoms with E-state index in [0.717, 1.165) is 39.1 Å². The molecule has 0 aliphatic rings. The zero-order valence-corrected chi connectivity index (χ0v) is 19.8. The van der Waals surface area contributed by atoms with Crippen molar-refractivity contribution in [2.45, 2.75) is 20.3 Å². The first kappa shape index (κ1) is 22.2. The van der Waals surface area contributed by atoms with Crippen LogP contribution in [0.25, 0.3) is 33.4 Å². The maximum absolute atomic E-state index is 12.8. The van der Waals surface area contributed by atoms with Crippen LogP contribution in [0.2, 0.25) is 0 Å². The number of H-pyrrole nitrogens is 1. The molecule has 5 heteroatoms. The van der Waals surface area contributed by atoms with E-state index in [4.69, 9.17) is 0 Å². The Balaban J connectivity index is 1.34. The van der Waals surface area contributed by atoms with Crippen LogP contribution in [-0.4, -0.2) is 22.0 Å². The topological polar surface area (TPSA) is 73.6 Å². The number of aromatic nitrogens is 2. The van der Waals surface area contributed by atoms with Crippen LogP contribution in [0.1, 0.15) is 22.5 Å². The van der Waals surface area contributed by atoms with E-state index < -0.39 is 0 Å². The predicted octanol–water partition coefficient (Wildman–Crippen LogP) is 5.99. The van der Waals surface area contributed by atoms with Crippen LogP contribution in [0.4, 0.5) is 0 Å². The second-order valence-electron chi connectivity index (χ2n) is 8.73. The lowest BCUT2D eigenvalue weighted by molar-refractivity contribution is -0.117. The average molecular weight is 459 g/mol. The normalized spacial score (nSPS) is 11.6. The molecule has 0 aliphatic heterocycles. The summed E-state index contributed by atoms with van der Waals surface area (Å²) in [5, 5.41) is 16.1. The number of amides is 1. The number of benzene rings is 3. The van der Waals surface area contributed by atoms with Gasteiger partial charge in [-0.1, -0.05) is 48.5 Å². The number of nitrogens with one attached hydrogen (secondary N) is 2. The Kier molecular flexibility index (Phi) is 5.95. The minimum Gasteiger partial charge on any atom is -0.361 e. The lowest BCUT2D eigenvalue weighted by atomic mass is 10.1. The number of hydrogen-bond donors (Lipinski definition) is 2. The summed E-state index contributed by atoms with van der Waals surface area (Å²) in [7, 11) is 0. The molecule has 0 fully saturated rings. The van der Waals surface area contributed by atoms with Crippen LogP contribution < -0.4 is 5.32 Å². The summed E-state index contributed by atoms with van der Waals surface area (Å²) in [6, 6.07) is 26.8. The lowest BCUT2D eigenvalue weighted by Gasteiger charge is -2.11. The van der Waals surface area contributed by atoms with Crippen molar-refractivity contribution in [1.29, 1.82) is 5.26 Å². The minimum atomic E-state index is -0.358. The van der Waals surface area contributed by atoms with E-state index in [1.165, 1.54) is 10.8 Å². The lowest BCUT2D eigenvalue weighted by Crippen LogP contribution is -2.26. The Bertz CT molecular complexity index is 1630.